The van der Waals surface area contributed by atoms with Crippen molar-refractivity contribution in [2.45, 2.75) is 6.61 Å². The summed E-state index contributed by atoms with van der Waals surface area (Å²) in [4.78, 5) is 23.2. The van der Waals surface area contributed by atoms with Crippen LogP contribution in [0.1, 0.15) is 26.9 Å². The molecule has 0 radical (unpaired) electrons. The Morgan fingerprint density at radius 2 is 1.84 bits per heavy atom. The first kappa shape index (κ1) is 16.4. The van der Waals surface area contributed by atoms with Gasteiger partial charge in [-0.3, -0.25) is 4.79 Å². The third-order valence-electron chi connectivity index (χ3n) is 3.29. The Morgan fingerprint density at radius 1 is 1.04 bits per heavy atom. The number of anilines is 1. The van der Waals surface area contributed by atoms with E-state index in [1.165, 1.54) is 19.4 Å². The number of esters is 1. The first-order chi connectivity index (χ1) is 12.2. The van der Waals surface area contributed by atoms with Crippen molar-refractivity contribution in [1.82, 2.24) is 0 Å². The van der Waals surface area contributed by atoms with Crippen molar-refractivity contribution in [1.29, 1.82) is 0 Å². The van der Waals surface area contributed by atoms with Gasteiger partial charge in [0.1, 0.15) is 18.1 Å². The van der Waals surface area contributed by atoms with E-state index in [2.05, 4.69) is 10.1 Å². The van der Waals surface area contributed by atoms with Crippen LogP contribution in [0.3, 0.4) is 0 Å². The highest BCUT2D eigenvalue weighted by atomic mass is 16.5. The van der Waals surface area contributed by atoms with Gasteiger partial charge in [-0.05, 0) is 48.5 Å². The van der Waals surface area contributed by atoms with Gasteiger partial charge in [0.05, 0.1) is 13.4 Å². The molecule has 0 aliphatic heterocycles. The molecule has 3 aromatic rings. The number of carbonyl (C=O) groups is 2. The van der Waals surface area contributed by atoms with E-state index in [4.69, 9.17) is 13.6 Å². The topological polar surface area (TPSA) is 90.9 Å². The Kier molecular flexibility index (Phi) is 4.84. The van der Waals surface area contributed by atoms with Crippen LogP contribution in [-0.2, 0) is 11.3 Å². The van der Waals surface area contributed by atoms with Crippen LogP contribution in [0.25, 0.3) is 0 Å². The van der Waals surface area contributed by atoms with Crippen molar-refractivity contribution in [3.63, 3.8) is 0 Å². The molecule has 3 rings (SSSR count). The van der Waals surface area contributed by atoms with Crippen molar-refractivity contribution >= 4 is 17.6 Å². The Labute approximate surface area is 143 Å². The van der Waals surface area contributed by atoms with Crippen LogP contribution in [-0.4, -0.2) is 19.0 Å². The number of carbonyl (C=O) groups excluding carboxylic acids is 2. The van der Waals surface area contributed by atoms with E-state index in [0.717, 1.165) is 0 Å². The van der Waals surface area contributed by atoms with E-state index in [1.54, 1.807) is 42.5 Å². The van der Waals surface area contributed by atoms with Gasteiger partial charge >= 0.3 is 5.97 Å². The molecule has 0 aliphatic rings. The first-order valence-electron chi connectivity index (χ1n) is 7.40. The molecule has 0 saturated carbocycles. The normalized spacial score (nSPS) is 10.3. The van der Waals surface area contributed by atoms with Gasteiger partial charge in [0.2, 0.25) is 5.76 Å². The van der Waals surface area contributed by atoms with Gasteiger partial charge in [0.25, 0.3) is 5.91 Å². The lowest BCUT2D eigenvalue weighted by Crippen LogP contribution is -2.10. The number of nitrogens with one attached hydrogen (secondary N) is 1. The Bertz CT molecular complexity index is 848. The van der Waals surface area contributed by atoms with Crippen LogP contribution in [0, 0.1) is 0 Å². The molecule has 0 saturated heterocycles. The number of ether oxygens (including phenoxy) is 2. The van der Waals surface area contributed by atoms with E-state index in [-0.39, 0.29) is 24.0 Å². The Hall–Kier alpha value is -3.48. The van der Waals surface area contributed by atoms with E-state index in [1.807, 2.05) is 0 Å². The monoisotopic (exact) mass is 341 g/mol. The maximum atomic E-state index is 11.9. The number of benzene rings is 1. The van der Waals surface area contributed by atoms with Crippen LogP contribution < -0.4 is 10.1 Å². The van der Waals surface area contributed by atoms with Crippen LogP contribution in [0.15, 0.2) is 63.6 Å². The summed E-state index contributed by atoms with van der Waals surface area (Å²) in [5.41, 5.74) is 0.611. The zero-order valence-electron chi connectivity index (χ0n) is 13.4. The fraction of sp³-hybridized carbons (Fsp3) is 0.111. The molecule has 1 amide bonds. The van der Waals surface area contributed by atoms with Crippen molar-refractivity contribution in [3.8, 4) is 5.75 Å². The largest absolute Gasteiger partial charge is 0.486 e. The van der Waals surface area contributed by atoms with Crippen molar-refractivity contribution in [3.05, 3.63) is 72.1 Å². The third-order valence-corrected chi connectivity index (χ3v) is 3.29. The second-order valence-electron chi connectivity index (χ2n) is 5.00. The molecule has 1 aromatic carbocycles. The fourth-order valence-corrected chi connectivity index (χ4v) is 2.06. The second-order valence-corrected chi connectivity index (χ2v) is 5.00. The second kappa shape index (κ2) is 7.39. The first-order valence-corrected chi connectivity index (χ1v) is 7.40. The maximum absolute atomic E-state index is 11.9. The van der Waals surface area contributed by atoms with E-state index in [0.29, 0.717) is 17.2 Å². The summed E-state index contributed by atoms with van der Waals surface area (Å²) in [7, 11) is 1.28. The number of hydrogen-bond acceptors (Lipinski definition) is 6. The predicted octanol–water partition coefficient (Wildman–Crippen LogP) is 3.49. The summed E-state index contributed by atoms with van der Waals surface area (Å²) in [6.45, 7) is 0.162. The van der Waals surface area contributed by atoms with Gasteiger partial charge in [-0.1, -0.05) is 0 Å². The zero-order chi connectivity index (χ0) is 17.6. The highest BCUT2D eigenvalue weighted by Crippen LogP contribution is 2.19. The molecule has 0 aliphatic carbocycles. The molecule has 7 nitrogen and oxygen atoms in total. The molecule has 25 heavy (non-hydrogen) atoms. The van der Waals surface area contributed by atoms with Gasteiger partial charge in [-0.15, -0.1) is 0 Å². The molecule has 0 fully saturated rings. The average molecular weight is 341 g/mol. The van der Waals surface area contributed by atoms with Gasteiger partial charge in [0, 0.05) is 5.69 Å². The minimum Gasteiger partial charge on any atom is -0.486 e. The number of hydrogen-bond donors (Lipinski definition) is 1. The van der Waals surface area contributed by atoms with Gasteiger partial charge in [-0.25, -0.2) is 4.79 Å². The summed E-state index contributed by atoms with van der Waals surface area (Å²) in [6.07, 6.45) is 1.44. The van der Waals surface area contributed by atoms with Crippen molar-refractivity contribution in [2.75, 3.05) is 12.4 Å². The lowest BCUT2D eigenvalue weighted by Gasteiger charge is -2.06. The van der Waals surface area contributed by atoms with E-state index in [9.17, 15) is 9.59 Å². The van der Waals surface area contributed by atoms with Crippen LogP contribution in [0.4, 0.5) is 5.69 Å². The van der Waals surface area contributed by atoms with Gasteiger partial charge < -0.3 is 23.6 Å². The van der Waals surface area contributed by atoms with Gasteiger partial charge in [-0.2, -0.15) is 0 Å². The zero-order valence-corrected chi connectivity index (χ0v) is 13.4. The lowest BCUT2D eigenvalue weighted by molar-refractivity contribution is 0.0561. The fourth-order valence-electron chi connectivity index (χ4n) is 2.06. The summed E-state index contributed by atoms with van der Waals surface area (Å²) in [5.74, 6) is 0.576. The molecule has 0 bridgehead atoms. The molecule has 2 aromatic heterocycles. The number of rotatable bonds is 6. The minimum absolute atomic E-state index is 0.122. The molecular weight excluding hydrogens is 326 g/mol. The summed E-state index contributed by atoms with van der Waals surface area (Å²) < 4.78 is 20.5. The van der Waals surface area contributed by atoms with E-state index >= 15 is 0 Å². The average Bonchev–Trinajstić information content (AvgIpc) is 3.32. The molecule has 0 atom stereocenters. The number of methoxy groups -OCH3 is 1. The Balaban J connectivity index is 1.55. The van der Waals surface area contributed by atoms with Crippen LogP contribution >= 0.6 is 0 Å². The smallest absolute Gasteiger partial charge is 0.373 e. The molecule has 0 spiro atoms. The lowest BCUT2D eigenvalue weighted by atomic mass is 10.3. The maximum Gasteiger partial charge on any atom is 0.373 e. The highest BCUT2D eigenvalue weighted by Gasteiger charge is 2.11. The summed E-state index contributed by atoms with van der Waals surface area (Å²) >= 11 is 0. The standard InChI is InChI=1S/C18H15NO6/c1-22-18(21)16-9-8-14(25-16)11-24-13-6-4-12(5-7-13)19-17(20)15-3-2-10-23-15/h2-10H,11H2,1H3,(H,19,20). The SMILES string of the molecule is COC(=O)c1ccc(COc2ccc(NC(=O)c3ccco3)cc2)o1. The van der Waals surface area contributed by atoms with Crippen molar-refractivity contribution < 1.29 is 27.9 Å². The predicted molar refractivity (Wildman–Crippen MR) is 87.5 cm³/mol. The van der Waals surface area contributed by atoms with E-state index < -0.39 is 5.97 Å². The summed E-state index contributed by atoms with van der Waals surface area (Å²) in [5, 5.41) is 2.71. The molecule has 7 heteroatoms. The molecule has 1 N–H and O–H groups in total. The Morgan fingerprint density at radius 3 is 2.52 bits per heavy atom. The number of furan rings is 2. The quantitative estimate of drug-likeness (QED) is 0.690. The molecule has 2 heterocycles. The molecular formula is C18H15NO6. The third kappa shape index (κ3) is 4.08. The minimum atomic E-state index is -0.539. The van der Waals surface area contributed by atoms with Gasteiger partial charge in [0.15, 0.2) is 5.76 Å². The van der Waals surface area contributed by atoms with Crippen LogP contribution in [0.2, 0.25) is 0 Å². The number of amides is 1. The molecule has 0 unspecified atom stereocenters. The van der Waals surface area contributed by atoms with Crippen molar-refractivity contribution in [2.24, 2.45) is 0 Å². The van der Waals surface area contributed by atoms with Crippen LogP contribution in [0.5, 0.6) is 5.75 Å². The highest BCUT2D eigenvalue weighted by molar-refractivity contribution is 6.02. The molecule has 128 valence electrons. The summed E-state index contributed by atoms with van der Waals surface area (Å²) in [6, 6.07) is 13.2.